The normalized spacial score (nSPS) is 12.6. The Balaban J connectivity index is 1.03. The van der Waals surface area contributed by atoms with Gasteiger partial charge in [0.1, 0.15) is 0 Å². The Morgan fingerprint density at radius 1 is 0.302 bits per heavy atom. The maximum Gasteiger partial charge on any atom is 0.0714 e. The molecule has 1 aromatic heterocycles. The van der Waals surface area contributed by atoms with Crippen LogP contribution in [-0.4, -0.2) is 4.57 Å². The highest BCUT2D eigenvalue weighted by atomic mass is 15.1. The first-order chi connectivity index (χ1) is 31.3. The molecule has 0 amide bonds. The molecular weight excluding hydrogens is 761 g/mol. The van der Waals surface area contributed by atoms with Crippen molar-refractivity contribution in [1.29, 1.82) is 0 Å². The molecule has 2 nitrogen and oxygen atoms in total. The molecule has 0 unspecified atom stereocenters. The van der Waals surface area contributed by atoms with Crippen molar-refractivity contribution in [3.05, 3.63) is 277 Å². The van der Waals surface area contributed by atoms with E-state index in [1.165, 1.54) is 66.3 Å². The van der Waals surface area contributed by atoms with Gasteiger partial charge in [0.15, 0.2) is 0 Å². The highest BCUT2D eigenvalue weighted by Crippen LogP contribution is 2.56. The number of para-hydroxylation sites is 2. The maximum atomic E-state index is 2.48. The van der Waals surface area contributed by atoms with Gasteiger partial charge in [0.2, 0.25) is 0 Å². The molecule has 0 fully saturated rings. The lowest BCUT2D eigenvalue weighted by molar-refractivity contribution is 0.767. The van der Waals surface area contributed by atoms with Gasteiger partial charge in [0, 0.05) is 33.5 Å². The molecule has 0 radical (unpaired) electrons. The molecule has 63 heavy (non-hydrogen) atoms. The molecule has 1 aliphatic carbocycles. The second-order valence-corrected chi connectivity index (χ2v) is 16.5. The molecule has 0 spiro atoms. The summed E-state index contributed by atoms with van der Waals surface area (Å²) >= 11 is 0. The van der Waals surface area contributed by atoms with E-state index in [2.05, 4.69) is 264 Å². The fourth-order valence-electron chi connectivity index (χ4n) is 10.3. The summed E-state index contributed by atoms with van der Waals surface area (Å²) in [6.45, 7) is 0. The van der Waals surface area contributed by atoms with Gasteiger partial charge in [-0.2, -0.15) is 0 Å². The van der Waals surface area contributed by atoms with E-state index in [1.54, 1.807) is 0 Å². The SMILES string of the molecule is c1ccc(-c2cccc(N(c3ccccc3)c3cccc(-c4ccc5c6ccccc6n(-c6ccc7c(c6)C(c6ccccc6)(c6ccccc6)c6ccccc6-7)c5c4)c3)c2)cc1. The van der Waals surface area contributed by atoms with E-state index in [1.807, 2.05) is 0 Å². The predicted molar refractivity (Wildman–Crippen MR) is 264 cm³/mol. The van der Waals surface area contributed by atoms with Crippen LogP contribution in [0.1, 0.15) is 22.3 Å². The van der Waals surface area contributed by atoms with E-state index in [9.17, 15) is 0 Å². The van der Waals surface area contributed by atoms with Crippen LogP contribution in [0.15, 0.2) is 255 Å². The van der Waals surface area contributed by atoms with E-state index in [0.29, 0.717) is 0 Å². The number of hydrogen-bond donors (Lipinski definition) is 0. The zero-order chi connectivity index (χ0) is 41.7. The van der Waals surface area contributed by atoms with Gasteiger partial charge in [-0.3, -0.25) is 0 Å². The van der Waals surface area contributed by atoms with Gasteiger partial charge in [-0.15, -0.1) is 0 Å². The van der Waals surface area contributed by atoms with Gasteiger partial charge in [-0.25, -0.2) is 0 Å². The van der Waals surface area contributed by atoms with Crippen LogP contribution < -0.4 is 4.90 Å². The molecule has 12 rings (SSSR count). The van der Waals surface area contributed by atoms with E-state index in [-0.39, 0.29) is 0 Å². The van der Waals surface area contributed by atoms with E-state index in [0.717, 1.165) is 33.9 Å². The van der Waals surface area contributed by atoms with Crippen LogP contribution in [-0.2, 0) is 5.41 Å². The summed E-state index contributed by atoms with van der Waals surface area (Å²) in [6.07, 6.45) is 0. The third-order valence-electron chi connectivity index (χ3n) is 13.0. The second kappa shape index (κ2) is 15.1. The van der Waals surface area contributed by atoms with Crippen LogP contribution in [0.3, 0.4) is 0 Å². The molecule has 0 N–H and O–H groups in total. The van der Waals surface area contributed by atoms with Crippen molar-refractivity contribution in [2.24, 2.45) is 0 Å². The molecule has 1 aliphatic rings. The zero-order valence-electron chi connectivity index (χ0n) is 34.6. The molecule has 11 aromatic rings. The Kier molecular flexibility index (Phi) is 8.76. The first-order valence-electron chi connectivity index (χ1n) is 21.8. The van der Waals surface area contributed by atoms with Gasteiger partial charge in [-0.05, 0) is 116 Å². The first-order valence-corrected chi connectivity index (χ1v) is 21.8. The topological polar surface area (TPSA) is 8.17 Å². The van der Waals surface area contributed by atoms with Crippen LogP contribution in [0, 0.1) is 0 Å². The number of rotatable bonds is 8. The van der Waals surface area contributed by atoms with Crippen LogP contribution in [0.2, 0.25) is 0 Å². The molecule has 296 valence electrons. The van der Waals surface area contributed by atoms with Crippen molar-refractivity contribution in [1.82, 2.24) is 4.57 Å². The summed E-state index contributed by atoms with van der Waals surface area (Å²) in [5.74, 6) is 0. The van der Waals surface area contributed by atoms with Crippen LogP contribution in [0.4, 0.5) is 17.1 Å². The van der Waals surface area contributed by atoms with Crippen molar-refractivity contribution in [2.45, 2.75) is 5.41 Å². The van der Waals surface area contributed by atoms with Crippen molar-refractivity contribution < 1.29 is 0 Å². The molecule has 0 saturated heterocycles. The second-order valence-electron chi connectivity index (χ2n) is 16.5. The monoisotopic (exact) mass is 802 g/mol. The lowest BCUT2D eigenvalue weighted by atomic mass is 9.67. The third kappa shape index (κ3) is 5.95. The lowest BCUT2D eigenvalue weighted by Crippen LogP contribution is -2.28. The number of benzene rings is 10. The standard InChI is InChI=1S/C61H42N2/c1-5-19-43(20-6-1)44-21-17-29-50(39-44)62(49-27-11-4-12-28-49)51-30-18-22-45(40-51)46-35-37-56-55-32-14-16-34-59(55)63(60(56)41-46)52-36-38-54-53-31-13-15-33-57(53)61(58(54)42-52,47-23-7-2-8-24-47)48-25-9-3-10-26-48/h1-42H. The molecule has 0 saturated carbocycles. The summed E-state index contributed by atoms with van der Waals surface area (Å²) in [5, 5.41) is 2.47. The fraction of sp³-hybridized carbons (Fsp3) is 0.0164. The van der Waals surface area contributed by atoms with Gasteiger partial charge in [-0.1, -0.05) is 194 Å². The number of aromatic nitrogens is 1. The summed E-state index contributed by atoms with van der Waals surface area (Å²) in [7, 11) is 0. The zero-order valence-corrected chi connectivity index (χ0v) is 34.6. The Morgan fingerprint density at radius 2 is 0.810 bits per heavy atom. The summed E-state index contributed by atoms with van der Waals surface area (Å²) < 4.78 is 2.48. The summed E-state index contributed by atoms with van der Waals surface area (Å²) in [4.78, 5) is 2.36. The van der Waals surface area contributed by atoms with Crippen molar-refractivity contribution in [2.75, 3.05) is 4.90 Å². The number of fused-ring (bicyclic) bond motifs is 6. The van der Waals surface area contributed by atoms with Crippen molar-refractivity contribution in [3.8, 4) is 39.1 Å². The Labute approximate surface area is 368 Å². The third-order valence-corrected chi connectivity index (χ3v) is 13.0. The number of nitrogens with zero attached hydrogens (tertiary/aromatic N) is 2. The molecule has 1 heterocycles. The van der Waals surface area contributed by atoms with Gasteiger partial charge in [0.05, 0.1) is 16.4 Å². The minimum atomic E-state index is -0.486. The van der Waals surface area contributed by atoms with E-state index >= 15 is 0 Å². The molecule has 0 aliphatic heterocycles. The van der Waals surface area contributed by atoms with Crippen LogP contribution >= 0.6 is 0 Å². The van der Waals surface area contributed by atoms with Crippen LogP contribution in [0.25, 0.3) is 60.9 Å². The summed E-state index contributed by atoms with van der Waals surface area (Å²) in [5.41, 5.74) is 18.7. The van der Waals surface area contributed by atoms with Gasteiger partial charge in [0.25, 0.3) is 0 Å². The molecular formula is C61H42N2. The highest BCUT2D eigenvalue weighted by molar-refractivity contribution is 6.10. The molecule has 10 aromatic carbocycles. The van der Waals surface area contributed by atoms with Crippen molar-refractivity contribution in [3.63, 3.8) is 0 Å². The average Bonchev–Trinajstić information content (AvgIpc) is 3.85. The number of anilines is 3. The highest BCUT2D eigenvalue weighted by Gasteiger charge is 2.46. The average molecular weight is 803 g/mol. The quantitative estimate of drug-likeness (QED) is 0.149. The maximum absolute atomic E-state index is 2.48. The molecule has 2 heteroatoms. The van der Waals surface area contributed by atoms with Gasteiger partial charge >= 0.3 is 0 Å². The summed E-state index contributed by atoms with van der Waals surface area (Å²) in [6, 6.07) is 93.2. The van der Waals surface area contributed by atoms with Gasteiger partial charge < -0.3 is 9.47 Å². The Bertz CT molecular complexity index is 3400. The first kappa shape index (κ1) is 36.6. The molecule has 0 atom stereocenters. The van der Waals surface area contributed by atoms with E-state index < -0.39 is 5.41 Å². The minimum Gasteiger partial charge on any atom is -0.310 e. The smallest absolute Gasteiger partial charge is 0.0714 e. The van der Waals surface area contributed by atoms with Crippen LogP contribution in [0.5, 0.6) is 0 Å². The Hall–Kier alpha value is -8.20. The number of hydrogen-bond acceptors (Lipinski definition) is 1. The lowest BCUT2D eigenvalue weighted by Gasteiger charge is -2.34. The Morgan fingerprint density at radius 3 is 1.51 bits per heavy atom. The van der Waals surface area contributed by atoms with Crippen molar-refractivity contribution >= 4 is 38.9 Å². The molecule has 0 bridgehead atoms. The predicted octanol–water partition coefficient (Wildman–Crippen LogP) is 16.0. The largest absolute Gasteiger partial charge is 0.310 e. The fourth-order valence-corrected chi connectivity index (χ4v) is 10.3. The van der Waals surface area contributed by atoms with E-state index in [4.69, 9.17) is 0 Å². The minimum absolute atomic E-state index is 0.486.